The summed E-state index contributed by atoms with van der Waals surface area (Å²) in [4.78, 5) is 4.84. The van der Waals surface area contributed by atoms with Crippen LogP contribution in [0.25, 0.3) is 0 Å². The van der Waals surface area contributed by atoms with Gasteiger partial charge in [0.25, 0.3) is 0 Å². The Morgan fingerprint density at radius 1 is 1.29 bits per heavy atom. The van der Waals surface area contributed by atoms with E-state index in [1.807, 2.05) is 0 Å². The normalized spacial score (nSPS) is 26.5. The van der Waals surface area contributed by atoms with Crippen LogP contribution >= 0.6 is 12.2 Å². The molecule has 0 aliphatic carbocycles. The summed E-state index contributed by atoms with van der Waals surface area (Å²) >= 11 is 5.42. The number of hydrogen-bond donors (Lipinski definition) is 1. The van der Waals surface area contributed by atoms with Gasteiger partial charge in [0.2, 0.25) is 0 Å². The first kappa shape index (κ1) is 13.1. The number of likely N-dealkylation sites (tertiary alicyclic amines) is 1. The molecule has 17 heavy (non-hydrogen) atoms. The molecule has 0 bridgehead atoms. The monoisotopic (exact) mass is 257 g/mol. The molecule has 0 radical (unpaired) electrons. The Morgan fingerprint density at radius 3 is 2.65 bits per heavy atom. The lowest BCUT2D eigenvalue weighted by Gasteiger charge is -2.32. The zero-order valence-corrected chi connectivity index (χ0v) is 11.6. The summed E-state index contributed by atoms with van der Waals surface area (Å²) in [6.45, 7) is 10.3. The van der Waals surface area contributed by atoms with Gasteiger partial charge in [0.05, 0.1) is 13.2 Å². The zero-order chi connectivity index (χ0) is 12.3. The molecule has 1 unspecified atom stereocenters. The minimum absolute atomic E-state index is 0.421. The van der Waals surface area contributed by atoms with Crippen molar-refractivity contribution in [3.63, 3.8) is 0 Å². The van der Waals surface area contributed by atoms with Gasteiger partial charge in [0.1, 0.15) is 0 Å². The third-order valence-corrected chi connectivity index (χ3v) is 3.80. The van der Waals surface area contributed by atoms with Crippen LogP contribution in [0.2, 0.25) is 0 Å². The summed E-state index contributed by atoms with van der Waals surface area (Å²) < 4.78 is 5.39. The Bertz CT molecular complexity index is 266. The van der Waals surface area contributed by atoms with E-state index in [2.05, 4.69) is 29.0 Å². The smallest absolute Gasteiger partial charge is 0.169 e. The quantitative estimate of drug-likeness (QED) is 0.734. The van der Waals surface area contributed by atoms with Gasteiger partial charge in [0, 0.05) is 38.3 Å². The van der Waals surface area contributed by atoms with E-state index in [0.29, 0.717) is 12.1 Å². The van der Waals surface area contributed by atoms with Crippen molar-refractivity contribution in [3.05, 3.63) is 0 Å². The Kier molecular flexibility index (Phi) is 4.59. The number of nitrogens with one attached hydrogen (secondary N) is 1. The molecule has 0 aromatic carbocycles. The highest BCUT2D eigenvalue weighted by Crippen LogP contribution is 2.17. The highest BCUT2D eigenvalue weighted by Gasteiger charge is 2.29. The fourth-order valence-corrected chi connectivity index (χ4v) is 2.91. The van der Waals surface area contributed by atoms with Crippen molar-refractivity contribution in [2.75, 3.05) is 39.4 Å². The predicted octanol–water partition coefficient (Wildman–Crippen LogP) is 0.676. The average molecular weight is 257 g/mol. The van der Waals surface area contributed by atoms with Crippen LogP contribution < -0.4 is 5.32 Å². The molecular weight excluding hydrogens is 234 g/mol. The first-order valence-electron chi connectivity index (χ1n) is 6.54. The lowest BCUT2D eigenvalue weighted by Crippen LogP contribution is -2.47. The molecule has 5 heteroatoms. The molecule has 0 amide bonds. The Balaban J connectivity index is 1.80. The van der Waals surface area contributed by atoms with E-state index in [0.717, 1.165) is 44.5 Å². The van der Waals surface area contributed by atoms with Crippen LogP contribution in [0.1, 0.15) is 20.3 Å². The van der Waals surface area contributed by atoms with Gasteiger partial charge in [-0.1, -0.05) is 0 Å². The second-order valence-electron chi connectivity index (χ2n) is 5.14. The third kappa shape index (κ3) is 3.53. The molecule has 1 N–H and O–H groups in total. The molecule has 2 fully saturated rings. The predicted molar refractivity (Wildman–Crippen MR) is 73.2 cm³/mol. The molecule has 0 aromatic heterocycles. The molecule has 2 saturated heterocycles. The second-order valence-corrected chi connectivity index (χ2v) is 5.53. The molecular formula is C12H23N3OS. The minimum atomic E-state index is 0.421. The average Bonchev–Trinajstić information content (AvgIpc) is 2.78. The number of nitrogens with zero attached hydrogens (tertiary/aromatic N) is 2. The fourth-order valence-electron chi connectivity index (χ4n) is 2.51. The molecule has 98 valence electrons. The number of hydrogen-bond acceptors (Lipinski definition) is 3. The van der Waals surface area contributed by atoms with E-state index in [9.17, 15) is 0 Å². The van der Waals surface area contributed by atoms with Crippen molar-refractivity contribution >= 4 is 17.3 Å². The number of morpholine rings is 1. The van der Waals surface area contributed by atoms with Gasteiger partial charge in [-0.05, 0) is 32.5 Å². The van der Waals surface area contributed by atoms with Gasteiger partial charge >= 0.3 is 0 Å². The van der Waals surface area contributed by atoms with Crippen LogP contribution in [0.3, 0.4) is 0 Å². The summed E-state index contributed by atoms with van der Waals surface area (Å²) in [5, 5.41) is 4.24. The molecule has 0 saturated carbocycles. The summed E-state index contributed by atoms with van der Waals surface area (Å²) in [7, 11) is 0. The largest absolute Gasteiger partial charge is 0.379 e. The van der Waals surface area contributed by atoms with Crippen molar-refractivity contribution < 1.29 is 4.74 Å². The first-order valence-corrected chi connectivity index (χ1v) is 6.95. The first-order chi connectivity index (χ1) is 8.16. The SMILES string of the molecule is CC(C)NC(=S)N1CCC(N2CCOCC2)C1. The van der Waals surface area contributed by atoms with Crippen molar-refractivity contribution in [3.8, 4) is 0 Å². The van der Waals surface area contributed by atoms with Crippen molar-refractivity contribution in [1.82, 2.24) is 15.1 Å². The van der Waals surface area contributed by atoms with Crippen LogP contribution in [0, 0.1) is 0 Å². The summed E-state index contributed by atoms with van der Waals surface area (Å²) in [5.41, 5.74) is 0. The molecule has 2 rings (SSSR count). The van der Waals surface area contributed by atoms with Crippen molar-refractivity contribution in [2.45, 2.75) is 32.4 Å². The van der Waals surface area contributed by atoms with E-state index < -0.39 is 0 Å². The van der Waals surface area contributed by atoms with Gasteiger partial charge in [-0.3, -0.25) is 4.90 Å². The molecule has 2 heterocycles. The third-order valence-electron chi connectivity index (χ3n) is 3.42. The summed E-state index contributed by atoms with van der Waals surface area (Å²) in [6, 6.07) is 1.08. The van der Waals surface area contributed by atoms with Crippen LogP contribution in [0.4, 0.5) is 0 Å². The van der Waals surface area contributed by atoms with E-state index in [-0.39, 0.29) is 0 Å². The maximum Gasteiger partial charge on any atom is 0.169 e. The van der Waals surface area contributed by atoms with Gasteiger partial charge in [0.15, 0.2) is 5.11 Å². The van der Waals surface area contributed by atoms with Crippen LogP contribution in [0.15, 0.2) is 0 Å². The van der Waals surface area contributed by atoms with E-state index >= 15 is 0 Å². The molecule has 4 nitrogen and oxygen atoms in total. The van der Waals surface area contributed by atoms with Crippen LogP contribution in [0.5, 0.6) is 0 Å². The number of thiocarbonyl (C=S) groups is 1. The Morgan fingerprint density at radius 2 is 2.00 bits per heavy atom. The zero-order valence-electron chi connectivity index (χ0n) is 10.8. The van der Waals surface area contributed by atoms with Crippen LogP contribution in [-0.2, 0) is 4.74 Å². The maximum absolute atomic E-state index is 5.42. The summed E-state index contributed by atoms with van der Waals surface area (Å²) in [5.74, 6) is 0. The van der Waals surface area contributed by atoms with Gasteiger partial charge in [-0.15, -0.1) is 0 Å². The van der Waals surface area contributed by atoms with Gasteiger partial charge in [-0.2, -0.15) is 0 Å². The lowest BCUT2D eigenvalue weighted by atomic mass is 10.2. The fraction of sp³-hybridized carbons (Fsp3) is 0.917. The van der Waals surface area contributed by atoms with E-state index in [1.165, 1.54) is 6.42 Å². The van der Waals surface area contributed by atoms with E-state index in [1.54, 1.807) is 0 Å². The van der Waals surface area contributed by atoms with Gasteiger partial charge in [-0.25, -0.2) is 0 Å². The highest BCUT2D eigenvalue weighted by molar-refractivity contribution is 7.80. The molecule has 0 aromatic rings. The number of ether oxygens (including phenoxy) is 1. The lowest BCUT2D eigenvalue weighted by molar-refractivity contribution is 0.0195. The van der Waals surface area contributed by atoms with Crippen molar-refractivity contribution in [2.24, 2.45) is 0 Å². The molecule has 0 spiro atoms. The molecule has 1 atom stereocenters. The topological polar surface area (TPSA) is 27.7 Å². The van der Waals surface area contributed by atoms with E-state index in [4.69, 9.17) is 17.0 Å². The Hall–Kier alpha value is -0.390. The van der Waals surface area contributed by atoms with Gasteiger partial charge < -0.3 is 15.0 Å². The highest BCUT2D eigenvalue weighted by atomic mass is 32.1. The van der Waals surface area contributed by atoms with Crippen LogP contribution in [-0.4, -0.2) is 66.4 Å². The Labute approximate surface area is 109 Å². The standard InChI is InChI=1S/C12H23N3OS/c1-10(2)13-12(17)15-4-3-11(9-15)14-5-7-16-8-6-14/h10-11H,3-9H2,1-2H3,(H,13,17). The molecule has 2 aliphatic heterocycles. The van der Waals surface area contributed by atoms with Crippen molar-refractivity contribution in [1.29, 1.82) is 0 Å². The molecule has 2 aliphatic rings. The summed E-state index contributed by atoms with van der Waals surface area (Å²) in [6.07, 6.45) is 1.22. The second kappa shape index (κ2) is 5.98. The minimum Gasteiger partial charge on any atom is -0.379 e. The maximum atomic E-state index is 5.42. The number of rotatable bonds is 2.